The van der Waals surface area contributed by atoms with Gasteiger partial charge in [-0.15, -0.1) is 0 Å². The highest BCUT2D eigenvalue weighted by atomic mass is 16.5. The van der Waals surface area contributed by atoms with Crippen LogP contribution < -0.4 is 10.2 Å². The van der Waals surface area contributed by atoms with E-state index in [1.54, 1.807) is 54.7 Å². The van der Waals surface area contributed by atoms with E-state index in [4.69, 9.17) is 4.74 Å². The summed E-state index contributed by atoms with van der Waals surface area (Å²) in [7, 11) is 0. The number of hydrazone groups is 1. The first-order valence-corrected chi connectivity index (χ1v) is 8.94. The molecule has 0 saturated carbocycles. The molecular formula is C23H20N2O3. The number of esters is 1. The molecule has 0 aromatic heterocycles. The van der Waals surface area contributed by atoms with Gasteiger partial charge in [-0.2, -0.15) is 5.10 Å². The Morgan fingerprint density at radius 2 is 1.50 bits per heavy atom. The van der Waals surface area contributed by atoms with Crippen LogP contribution in [0.5, 0.6) is 5.75 Å². The molecule has 0 aliphatic rings. The maximum absolute atomic E-state index is 12.0. The van der Waals surface area contributed by atoms with Gasteiger partial charge in [0.25, 0.3) is 0 Å². The van der Waals surface area contributed by atoms with Crippen LogP contribution in [-0.2, 0) is 11.2 Å². The number of nitrogens with one attached hydrogen (secondary N) is 1. The predicted octanol–water partition coefficient (Wildman–Crippen LogP) is 3.99. The normalized spacial score (nSPS) is 10.6. The fourth-order valence-electron chi connectivity index (χ4n) is 2.50. The van der Waals surface area contributed by atoms with Crippen molar-refractivity contribution in [2.45, 2.75) is 12.8 Å². The molecule has 3 aromatic rings. The standard InChI is InChI=1S/C23H20N2O3/c26-22(16-13-18-7-3-1-4-8-18)25-24-17-19-11-14-21(15-12-19)28-23(27)20-9-5-2-6-10-20/h1-12,14-15,17H,13,16H2,(H,25,26)/b24-17-. The van der Waals surface area contributed by atoms with Crippen molar-refractivity contribution in [3.63, 3.8) is 0 Å². The number of aryl methyl sites for hydroxylation is 1. The van der Waals surface area contributed by atoms with Crippen molar-refractivity contribution in [1.29, 1.82) is 0 Å². The molecule has 0 bridgehead atoms. The van der Waals surface area contributed by atoms with Gasteiger partial charge in [-0.25, -0.2) is 10.2 Å². The molecule has 0 atom stereocenters. The lowest BCUT2D eigenvalue weighted by Crippen LogP contribution is -2.17. The minimum absolute atomic E-state index is 0.145. The van der Waals surface area contributed by atoms with Gasteiger partial charge >= 0.3 is 5.97 Å². The average Bonchev–Trinajstić information content (AvgIpc) is 2.75. The number of carbonyl (C=O) groups is 2. The summed E-state index contributed by atoms with van der Waals surface area (Å²) in [5.74, 6) is -0.112. The lowest BCUT2D eigenvalue weighted by molar-refractivity contribution is -0.121. The molecule has 5 heteroatoms. The molecule has 0 heterocycles. The van der Waals surface area contributed by atoms with E-state index < -0.39 is 5.97 Å². The minimum atomic E-state index is -0.410. The van der Waals surface area contributed by atoms with Gasteiger partial charge in [0.15, 0.2) is 0 Å². The molecule has 0 fully saturated rings. The minimum Gasteiger partial charge on any atom is -0.423 e. The molecule has 0 unspecified atom stereocenters. The van der Waals surface area contributed by atoms with E-state index in [9.17, 15) is 9.59 Å². The SMILES string of the molecule is O=C(CCc1ccccc1)N/N=C\c1ccc(OC(=O)c2ccccc2)cc1. The van der Waals surface area contributed by atoms with E-state index in [0.29, 0.717) is 24.2 Å². The van der Waals surface area contributed by atoms with Crippen molar-refractivity contribution in [1.82, 2.24) is 5.43 Å². The Balaban J connectivity index is 1.46. The van der Waals surface area contributed by atoms with E-state index >= 15 is 0 Å². The van der Waals surface area contributed by atoms with Gasteiger partial charge in [-0.1, -0.05) is 48.5 Å². The van der Waals surface area contributed by atoms with Gasteiger partial charge in [0.1, 0.15) is 5.75 Å². The zero-order valence-electron chi connectivity index (χ0n) is 15.2. The van der Waals surface area contributed by atoms with E-state index in [1.165, 1.54) is 0 Å². The molecule has 0 aliphatic carbocycles. The average molecular weight is 372 g/mol. The van der Waals surface area contributed by atoms with Gasteiger partial charge in [0.2, 0.25) is 5.91 Å². The molecule has 0 saturated heterocycles. The van der Waals surface area contributed by atoms with Crippen LogP contribution in [0.3, 0.4) is 0 Å². The Morgan fingerprint density at radius 1 is 0.857 bits per heavy atom. The summed E-state index contributed by atoms with van der Waals surface area (Å²) in [4.78, 5) is 23.8. The van der Waals surface area contributed by atoms with E-state index in [-0.39, 0.29) is 5.91 Å². The van der Waals surface area contributed by atoms with Crippen molar-refractivity contribution in [2.75, 3.05) is 0 Å². The van der Waals surface area contributed by atoms with Crippen LogP contribution in [-0.4, -0.2) is 18.1 Å². The van der Waals surface area contributed by atoms with Crippen LogP contribution in [0.1, 0.15) is 27.9 Å². The second-order valence-corrected chi connectivity index (χ2v) is 6.10. The number of ether oxygens (including phenoxy) is 1. The molecule has 28 heavy (non-hydrogen) atoms. The first-order chi connectivity index (χ1) is 13.7. The monoisotopic (exact) mass is 372 g/mol. The maximum atomic E-state index is 12.0. The molecule has 0 radical (unpaired) electrons. The fraction of sp³-hybridized carbons (Fsp3) is 0.0870. The van der Waals surface area contributed by atoms with Crippen LogP contribution in [0.15, 0.2) is 90.0 Å². The lowest BCUT2D eigenvalue weighted by Gasteiger charge is -2.04. The second-order valence-electron chi connectivity index (χ2n) is 6.10. The summed E-state index contributed by atoms with van der Waals surface area (Å²) < 4.78 is 5.32. The summed E-state index contributed by atoms with van der Waals surface area (Å²) in [6.07, 6.45) is 2.59. The van der Waals surface area contributed by atoms with Crippen molar-refractivity contribution in [3.8, 4) is 5.75 Å². The van der Waals surface area contributed by atoms with Crippen molar-refractivity contribution < 1.29 is 14.3 Å². The third-order valence-corrected chi connectivity index (χ3v) is 3.99. The fourth-order valence-corrected chi connectivity index (χ4v) is 2.50. The van der Waals surface area contributed by atoms with Crippen LogP contribution >= 0.6 is 0 Å². The summed E-state index contributed by atoms with van der Waals surface area (Å²) in [6.45, 7) is 0. The Hall–Kier alpha value is -3.73. The molecular weight excluding hydrogens is 352 g/mol. The molecule has 3 rings (SSSR count). The molecule has 5 nitrogen and oxygen atoms in total. The molecule has 1 N–H and O–H groups in total. The highest BCUT2D eigenvalue weighted by Crippen LogP contribution is 2.13. The number of hydrogen-bond acceptors (Lipinski definition) is 4. The number of nitrogens with zero attached hydrogens (tertiary/aromatic N) is 1. The van der Waals surface area contributed by atoms with Crippen LogP contribution in [0.4, 0.5) is 0 Å². The van der Waals surface area contributed by atoms with Gasteiger partial charge in [-0.3, -0.25) is 4.79 Å². The van der Waals surface area contributed by atoms with Gasteiger partial charge in [-0.05, 0) is 53.9 Å². The quantitative estimate of drug-likeness (QED) is 0.295. The highest BCUT2D eigenvalue weighted by Gasteiger charge is 2.07. The lowest BCUT2D eigenvalue weighted by atomic mass is 10.1. The van der Waals surface area contributed by atoms with Gasteiger partial charge in [0.05, 0.1) is 11.8 Å². The van der Waals surface area contributed by atoms with Crippen LogP contribution in [0, 0.1) is 0 Å². The van der Waals surface area contributed by atoms with Crippen molar-refractivity contribution in [3.05, 3.63) is 102 Å². The number of benzene rings is 3. The highest BCUT2D eigenvalue weighted by molar-refractivity contribution is 5.91. The topological polar surface area (TPSA) is 67.8 Å². The van der Waals surface area contributed by atoms with Crippen molar-refractivity contribution in [2.24, 2.45) is 5.10 Å². The van der Waals surface area contributed by atoms with Crippen molar-refractivity contribution >= 4 is 18.1 Å². The third kappa shape index (κ3) is 5.92. The van der Waals surface area contributed by atoms with Crippen LogP contribution in [0.2, 0.25) is 0 Å². The maximum Gasteiger partial charge on any atom is 0.343 e. The molecule has 0 aliphatic heterocycles. The summed E-state index contributed by atoms with van der Waals surface area (Å²) in [6, 6.07) is 25.5. The van der Waals surface area contributed by atoms with Gasteiger partial charge < -0.3 is 4.74 Å². The number of carbonyl (C=O) groups excluding carboxylic acids is 2. The van der Waals surface area contributed by atoms with E-state index in [1.807, 2.05) is 36.4 Å². The second kappa shape index (κ2) is 9.83. The van der Waals surface area contributed by atoms with Gasteiger partial charge in [0, 0.05) is 6.42 Å². The molecule has 1 amide bonds. The Labute approximate surface area is 163 Å². The number of hydrogen-bond donors (Lipinski definition) is 1. The Morgan fingerprint density at radius 3 is 2.18 bits per heavy atom. The summed E-state index contributed by atoms with van der Waals surface area (Å²) >= 11 is 0. The first kappa shape index (κ1) is 19.0. The van der Waals surface area contributed by atoms with E-state index in [0.717, 1.165) is 11.1 Å². The summed E-state index contributed by atoms with van der Waals surface area (Å²) in [5, 5.41) is 3.96. The first-order valence-electron chi connectivity index (χ1n) is 8.94. The Kier molecular flexibility index (Phi) is 6.68. The number of rotatable bonds is 7. The molecule has 0 spiro atoms. The number of amides is 1. The van der Waals surface area contributed by atoms with E-state index in [2.05, 4.69) is 10.5 Å². The molecule has 3 aromatic carbocycles. The zero-order valence-corrected chi connectivity index (χ0v) is 15.2. The largest absolute Gasteiger partial charge is 0.423 e. The Bertz CT molecular complexity index is 937. The smallest absolute Gasteiger partial charge is 0.343 e. The predicted molar refractivity (Wildman–Crippen MR) is 108 cm³/mol. The third-order valence-electron chi connectivity index (χ3n) is 3.99. The molecule has 140 valence electrons. The zero-order chi connectivity index (χ0) is 19.6. The summed E-state index contributed by atoms with van der Waals surface area (Å²) in [5.41, 5.74) is 4.90. The van der Waals surface area contributed by atoms with Crippen LogP contribution in [0.25, 0.3) is 0 Å².